The van der Waals surface area contributed by atoms with Crippen molar-refractivity contribution in [1.29, 1.82) is 0 Å². The van der Waals surface area contributed by atoms with Crippen LogP contribution in [0.4, 0.5) is 4.39 Å². The van der Waals surface area contributed by atoms with Crippen molar-refractivity contribution in [3.05, 3.63) is 29.1 Å². The lowest BCUT2D eigenvalue weighted by Gasteiger charge is -2.23. The molecule has 1 heterocycles. The number of nitrogens with zero attached hydrogens (tertiary/aromatic N) is 1. The number of carbonyl (C=O) groups is 1. The second kappa shape index (κ2) is 5.14. The van der Waals surface area contributed by atoms with E-state index in [0.29, 0.717) is 24.0 Å². The van der Waals surface area contributed by atoms with Gasteiger partial charge in [0.2, 0.25) is 15.9 Å². The van der Waals surface area contributed by atoms with Gasteiger partial charge < -0.3 is 5.73 Å². The van der Waals surface area contributed by atoms with Gasteiger partial charge in [0, 0.05) is 6.54 Å². The molecule has 1 unspecified atom stereocenters. The smallest absolute Gasteiger partial charge is 0.244 e. The van der Waals surface area contributed by atoms with Crippen LogP contribution in [0.1, 0.15) is 24.0 Å². The third-order valence-corrected chi connectivity index (χ3v) is 5.74. The van der Waals surface area contributed by atoms with E-state index < -0.39 is 27.8 Å². The van der Waals surface area contributed by atoms with Crippen LogP contribution in [0, 0.1) is 19.7 Å². The Kier molecular flexibility index (Phi) is 3.84. The first-order valence-corrected chi connectivity index (χ1v) is 7.77. The van der Waals surface area contributed by atoms with Crippen LogP contribution in [0.15, 0.2) is 17.0 Å². The van der Waals surface area contributed by atoms with Gasteiger partial charge in [-0.2, -0.15) is 4.31 Å². The molecular formula is C13H17FN2O3S. The lowest BCUT2D eigenvalue weighted by atomic mass is 10.1. The molecule has 2 N–H and O–H groups in total. The number of primary amides is 1. The number of benzene rings is 1. The lowest BCUT2D eigenvalue weighted by Crippen LogP contribution is -2.44. The van der Waals surface area contributed by atoms with Gasteiger partial charge >= 0.3 is 0 Å². The molecule has 0 aromatic heterocycles. The summed E-state index contributed by atoms with van der Waals surface area (Å²) in [5.74, 6) is -1.13. The average molecular weight is 300 g/mol. The van der Waals surface area contributed by atoms with Crippen LogP contribution >= 0.6 is 0 Å². The Bertz CT molecular complexity index is 635. The molecule has 1 atom stereocenters. The summed E-state index contributed by atoms with van der Waals surface area (Å²) < 4.78 is 39.8. The molecule has 5 nitrogen and oxygen atoms in total. The summed E-state index contributed by atoms with van der Waals surface area (Å²) in [6, 6.07) is 1.54. The summed E-state index contributed by atoms with van der Waals surface area (Å²) >= 11 is 0. The van der Waals surface area contributed by atoms with Gasteiger partial charge in [0.1, 0.15) is 11.9 Å². The van der Waals surface area contributed by atoms with Gasteiger partial charge in [0.05, 0.1) is 4.90 Å². The predicted molar refractivity (Wildman–Crippen MR) is 72.0 cm³/mol. The van der Waals surface area contributed by atoms with Gasteiger partial charge in [0.15, 0.2) is 0 Å². The first kappa shape index (κ1) is 14.9. The van der Waals surface area contributed by atoms with Gasteiger partial charge in [-0.25, -0.2) is 12.8 Å². The second-order valence-corrected chi connectivity index (χ2v) is 6.87. The average Bonchev–Trinajstić information content (AvgIpc) is 2.75. The van der Waals surface area contributed by atoms with Crippen molar-refractivity contribution in [2.45, 2.75) is 37.6 Å². The molecule has 1 amide bonds. The van der Waals surface area contributed by atoms with E-state index in [4.69, 9.17) is 5.73 Å². The van der Waals surface area contributed by atoms with Crippen LogP contribution in [-0.2, 0) is 14.8 Å². The number of hydrogen-bond acceptors (Lipinski definition) is 3. The molecule has 0 spiro atoms. The van der Waals surface area contributed by atoms with Crippen molar-refractivity contribution in [3.63, 3.8) is 0 Å². The fraction of sp³-hybridized carbons (Fsp3) is 0.462. The highest BCUT2D eigenvalue weighted by molar-refractivity contribution is 7.89. The molecular weight excluding hydrogens is 283 g/mol. The second-order valence-electron chi connectivity index (χ2n) is 5.04. The van der Waals surface area contributed by atoms with Crippen molar-refractivity contribution in [1.82, 2.24) is 4.31 Å². The van der Waals surface area contributed by atoms with E-state index in [1.54, 1.807) is 0 Å². The minimum absolute atomic E-state index is 0.0621. The maximum atomic E-state index is 13.3. The first-order chi connectivity index (χ1) is 9.25. The summed E-state index contributed by atoms with van der Waals surface area (Å²) in [6.07, 6.45) is 1.01. The highest BCUT2D eigenvalue weighted by Gasteiger charge is 2.39. The number of carbonyl (C=O) groups excluding carboxylic acids is 1. The first-order valence-electron chi connectivity index (χ1n) is 6.33. The molecule has 0 aliphatic carbocycles. The molecule has 0 bridgehead atoms. The molecule has 1 fully saturated rings. The van der Waals surface area contributed by atoms with Crippen LogP contribution in [0.5, 0.6) is 0 Å². The van der Waals surface area contributed by atoms with Crippen LogP contribution in [0.3, 0.4) is 0 Å². The fourth-order valence-electron chi connectivity index (χ4n) is 2.73. The third kappa shape index (κ3) is 2.43. The van der Waals surface area contributed by atoms with Crippen LogP contribution < -0.4 is 5.73 Å². The summed E-state index contributed by atoms with van der Waals surface area (Å²) in [6.45, 7) is 3.34. The molecule has 1 aromatic carbocycles. The Hall–Kier alpha value is -1.47. The van der Waals surface area contributed by atoms with E-state index in [-0.39, 0.29) is 11.4 Å². The van der Waals surface area contributed by atoms with Gasteiger partial charge in [0.25, 0.3) is 0 Å². The largest absolute Gasteiger partial charge is 0.368 e. The van der Waals surface area contributed by atoms with Crippen molar-refractivity contribution in [2.24, 2.45) is 5.73 Å². The fourth-order valence-corrected chi connectivity index (χ4v) is 4.81. The highest BCUT2D eigenvalue weighted by atomic mass is 32.2. The third-order valence-electron chi connectivity index (χ3n) is 3.52. The topological polar surface area (TPSA) is 80.5 Å². The molecule has 20 heavy (non-hydrogen) atoms. The molecule has 110 valence electrons. The number of sulfonamides is 1. The van der Waals surface area contributed by atoms with Gasteiger partial charge in [-0.1, -0.05) is 0 Å². The molecule has 0 radical (unpaired) electrons. The maximum Gasteiger partial charge on any atom is 0.244 e. The van der Waals surface area contributed by atoms with E-state index in [1.165, 1.54) is 26.0 Å². The molecule has 0 saturated carbocycles. The summed E-state index contributed by atoms with van der Waals surface area (Å²) in [5, 5.41) is 0. The Balaban J connectivity index is 2.54. The molecule has 1 saturated heterocycles. The number of aryl methyl sites for hydroxylation is 2. The van der Waals surface area contributed by atoms with Crippen molar-refractivity contribution in [2.75, 3.05) is 6.54 Å². The minimum Gasteiger partial charge on any atom is -0.368 e. The Labute approximate surface area is 117 Å². The van der Waals surface area contributed by atoms with Gasteiger partial charge in [-0.3, -0.25) is 4.79 Å². The standard InChI is InChI=1S/C13H17FN2O3S/c1-8-6-10(14)7-9(2)12(8)20(18,19)16-5-3-4-11(16)13(15)17/h6-7,11H,3-5H2,1-2H3,(H2,15,17). The SMILES string of the molecule is Cc1cc(F)cc(C)c1S(=O)(=O)N1CCCC1C(N)=O. The van der Waals surface area contributed by atoms with E-state index in [9.17, 15) is 17.6 Å². The van der Waals surface area contributed by atoms with E-state index in [0.717, 1.165) is 4.31 Å². The zero-order chi connectivity index (χ0) is 15.1. The monoisotopic (exact) mass is 300 g/mol. The summed E-state index contributed by atoms with van der Waals surface area (Å²) in [7, 11) is -3.85. The Morgan fingerprint density at radius 2 is 1.90 bits per heavy atom. The van der Waals surface area contributed by atoms with Crippen LogP contribution in [0.25, 0.3) is 0 Å². The number of rotatable bonds is 3. The number of nitrogens with two attached hydrogens (primary N) is 1. The number of hydrogen-bond donors (Lipinski definition) is 1. The maximum absolute atomic E-state index is 13.3. The number of halogens is 1. The Morgan fingerprint density at radius 1 is 1.35 bits per heavy atom. The quantitative estimate of drug-likeness (QED) is 0.907. The predicted octanol–water partition coefficient (Wildman–Crippen LogP) is 1.08. The van der Waals surface area contributed by atoms with Crippen LogP contribution in [-0.4, -0.2) is 31.2 Å². The van der Waals surface area contributed by atoms with Gasteiger partial charge in [-0.15, -0.1) is 0 Å². The van der Waals surface area contributed by atoms with Crippen molar-refractivity contribution >= 4 is 15.9 Å². The minimum atomic E-state index is -3.85. The molecule has 1 aliphatic heterocycles. The highest BCUT2D eigenvalue weighted by Crippen LogP contribution is 2.30. The zero-order valence-electron chi connectivity index (χ0n) is 11.4. The normalized spacial score (nSPS) is 20.2. The van der Waals surface area contributed by atoms with E-state index in [1.807, 2.05) is 0 Å². The molecule has 1 aromatic rings. The van der Waals surface area contributed by atoms with E-state index >= 15 is 0 Å². The van der Waals surface area contributed by atoms with Crippen molar-refractivity contribution in [3.8, 4) is 0 Å². The zero-order valence-corrected chi connectivity index (χ0v) is 12.2. The number of amides is 1. The summed E-state index contributed by atoms with van der Waals surface area (Å²) in [4.78, 5) is 11.4. The van der Waals surface area contributed by atoms with E-state index in [2.05, 4.69) is 0 Å². The summed E-state index contributed by atoms with van der Waals surface area (Å²) in [5.41, 5.74) is 5.92. The molecule has 2 rings (SSSR count). The van der Waals surface area contributed by atoms with Crippen LogP contribution in [0.2, 0.25) is 0 Å². The Morgan fingerprint density at radius 3 is 2.40 bits per heavy atom. The van der Waals surface area contributed by atoms with Gasteiger partial charge in [-0.05, 0) is 49.9 Å². The molecule has 7 heteroatoms. The van der Waals surface area contributed by atoms with Crippen molar-refractivity contribution < 1.29 is 17.6 Å². The lowest BCUT2D eigenvalue weighted by molar-refractivity contribution is -0.121. The molecule has 1 aliphatic rings.